The van der Waals surface area contributed by atoms with Crippen molar-refractivity contribution in [3.8, 4) is 0 Å². The lowest BCUT2D eigenvalue weighted by Gasteiger charge is -2.40. The lowest BCUT2D eigenvalue weighted by molar-refractivity contribution is -0.0437. The largest absolute Gasteiger partial charge is 0.390 e. The summed E-state index contributed by atoms with van der Waals surface area (Å²) in [5.74, 6) is 3.01. The fourth-order valence-corrected chi connectivity index (χ4v) is 3.53. The van der Waals surface area contributed by atoms with Crippen LogP contribution in [0.3, 0.4) is 0 Å². The van der Waals surface area contributed by atoms with E-state index in [0.717, 1.165) is 24.2 Å². The fourth-order valence-electron chi connectivity index (χ4n) is 3.53. The van der Waals surface area contributed by atoms with E-state index in [0.29, 0.717) is 5.92 Å². The Kier molecular flexibility index (Phi) is 3.12. The van der Waals surface area contributed by atoms with Gasteiger partial charge in [0.2, 0.25) is 0 Å². The molecule has 0 aliphatic heterocycles. The van der Waals surface area contributed by atoms with Crippen LogP contribution in [0.25, 0.3) is 0 Å². The topological polar surface area (TPSA) is 20.2 Å². The molecule has 1 N–H and O–H groups in total. The first-order valence-corrected chi connectivity index (χ1v) is 6.69. The summed E-state index contributed by atoms with van der Waals surface area (Å²) in [6.07, 6.45) is 7.60. The minimum Gasteiger partial charge on any atom is -0.390 e. The summed E-state index contributed by atoms with van der Waals surface area (Å²) in [5, 5.41) is 10.6. The van der Waals surface area contributed by atoms with E-state index in [4.69, 9.17) is 0 Å². The van der Waals surface area contributed by atoms with Crippen LogP contribution in [0.5, 0.6) is 0 Å². The molecule has 2 aliphatic rings. The molecule has 0 spiro atoms. The van der Waals surface area contributed by atoms with Crippen molar-refractivity contribution in [3.05, 3.63) is 0 Å². The monoisotopic (exact) mass is 210 g/mol. The van der Waals surface area contributed by atoms with Crippen LogP contribution in [0.1, 0.15) is 59.3 Å². The molecule has 2 saturated carbocycles. The predicted octanol–water partition coefficient (Wildman–Crippen LogP) is 3.61. The molecule has 0 heterocycles. The maximum atomic E-state index is 10.6. The van der Waals surface area contributed by atoms with Crippen LogP contribution in [-0.4, -0.2) is 10.7 Å². The minimum absolute atomic E-state index is 0.385. The molecule has 1 heteroatoms. The van der Waals surface area contributed by atoms with Crippen molar-refractivity contribution in [2.24, 2.45) is 23.7 Å². The molecule has 0 amide bonds. The zero-order valence-corrected chi connectivity index (χ0v) is 10.5. The van der Waals surface area contributed by atoms with Gasteiger partial charge in [0.15, 0.2) is 0 Å². The first-order valence-electron chi connectivity index (χ1n) is 6.69. The molecule has 2 aliphatic carbocycles. The van der Waals surface area contributed by atoms with E-state index >= 15 is 0 Å². The van der Waals surface area contributed by atoms with Gasteiger partial charge in [-0.05, 0) is 56.3 Å². The Labute approximate surface area is 94.3 Å². The highest BCUT2D eigenvalue weighted by atomic mass is 16.3. The molecule has 3 atom stereocenters. The van der Waals surface area contributed by atoms with Gasteiger partial charge < -0.3 is 5.11 Å². The second-order valence-corrected chi connectivity index (χ2v) is 6.62. The lowest BCUT2D eigenvalue weighted by Crippen LogP contribution is -2.39. The van der Waals surface area contributed by atoms with Gasteiger partial charge in [-0.15, -0.1) is 0 Å². The van der Waals surface area contributed by atoms with Gasteiger partial charge in [-0.3, -0.25) is 0 Å². The highest BCUT2D eigenvalue weighted by Gasteiger charge is 2.40. The molecule has 2 rings (SSSR count). The molecule has 0 saturated heterocycles. The standard InChI is InChI=1S/C14H26O/c1-10-6-11(2)8-13(7-10)14(3,15)9-12-4-5-12/h10-13,15H,4-9H2,1-3H3. The second kappa shape index (κ2) is 4.08. The summed E-state index contributed by atoms with van der Waals surface area (Å²) >= 11 is 0. The van der Waals surface area contributed by atoms with E-state index in [2.05, 4.69) is 20.8 Å². The SMILES string of the molecule is CC1CC(C)CC(C(C)(O)CC2CC2)C1. The molecular formula is C14H26O. The minimum atomic E-state index is -0.385. The molecule has 0 bridgehead atoms. The van der Waals surface area contributed by atoms with Gasteiger partial charge in [0, 0.05) is 0 Å². The smallest absolute Gasteiger partial charge is 0.0650 e. The molecule has 1 nitrogen and oxygen atoms in total. The molecule has 88 valence electrons. The van der Waals surface area contributed by atoms with Gasteiger partial charge in [0.05, 0.1) is 5.60 Å². The molecule has 0 aromatic rings. The van der Waals surface area contributed by atoms with Crippen molar-refractivity contribution < 1.29 is 5.11 Å². The third-order valence-electron chi connectivity index (χ3n) is 4.46. The van der Waals surface area contributed by atoms with Crippen molar-refractivity contribution in [2.75, 3.05) is 0 Å². The van der Waals surface area contributed by atoms with E-state index in [1.807, 2.05) is 0 Å². The maximum Gasteiger partial charge on any atom is 0.0650 e. The van der Waals surface area contributed by atoms with Gasteiger partial charge in [-0.2, -0.15) is 0 Å². The highest BCUT2D eigenvalue weighted by molar-refractivity contribution is 4.92. The van der Waals surface area contributed by atoms with Gasteiger partial charge in [0.1, 0.15) is 0 Å². The van der Waals surface area contributed by atoms with Crippen LogP contribution >= 0.6 is 0 Å². The molecule has 2 fully saturated rings. The summed E-state index contributed by atoms with van der Waals surface area (Å²) < 4.78 is 0. The van der Waals surface area contributed by atoms with Crippen LogP contribution in [0.15, 0.2) is 0 Å². The van der Waals surface area contributed by atoms with Crippen molar-refractivity contribution in [2.45, 2.75) is 64.9 Å². The van der Waals surface area contributed by atoms with Crippen LogP contribution in [0.4, 0.5) is 0 Å². The maximum absolute atomic E-state index is 10.6. The normalized spacial score (nSPS) is 41.2. The number of rotatable bonds is 3. The molecular weight excluding hydrogens is 184 g/mol. The van der Waals surface area contributed by atoms with E-state index in [-0.39, 0.29) is 5.60 Å². The third-order valence-corrected chi connectivity index (χ3v) is 4.46. The zero-order chi connectivity index (χ0) is 11.1. The lowest BCUT2D eigenvalue weighted by atomic mass is 9.69. The summed E-state index contributed by atoms with van der Waals surface area (Å²) in [7, 11) is 0. The Morgan fingerprint density at radius 3 is 2.07 bits per heavy atom. The molecule has 0 radical (unpaired) electrons. The summed E-state index contributed by atoms with van der Waals surface area (Å²) in [5.41, 5.74) is -0.385. The van der Waals surface area contributed by atoms with E-state index in [9.17, 15) is 5.11 Å². The van der Waals surface area contributed by atoms with E-state index in [1.165, 1.54) is 32.1 Å². The number of aliphatic hydroxyl groups is 1. The van der Waals surface area contributed by atoms with Crippen LogP contribution < -0.4 is 0 Å². The van der Waals surface area contributed by atoms with Gasteiger partial charge >= 0.3 is 0 Å². The first kappa shape index (κ1) is 11.4. The van der Waals surface area contributed by atoms with Gasteiger partial charge in [-0.25, -0.2) is 0 Å². The Balaban J connectivity index is 1.94. The van der Waals surface area contributed by atoms with Gasteiger partial charge in [0.25, 0.3) is 0 Å². The highest BCUT2D eigenvalue weighted by Crippen LogP contribution is 2.45. The number of hydrogen-bond acceptors (Lipinski definition) is 1. The van der Waals surface area contributed by atoms with E-state index < -0.39 is 0 Å². The van der Waals surface area contributed by atoms with Gasteiger partial charge in [-0.1, -0.05) is 26.7 Å². The molecule has 15 heavy (non-hydrogen) atoms. The van der Waals surface area contributed by atoms with Crippen molar-refractivity contribution in [3.63, 3.8) is 0 Å². The third kappa shape index (κ3) is 2.96. The Hall–Kier alpha value is -0.0400. The second-order valence-electron chi connectivity index (χ2n) is 6.62. The predicted molar refractivity (Wildman–Crippen MR) is 63.6 cm³/mol. The van der Waals surface area contributed by atoms with Crippen molar-refractivity contribution >= 4 is 0 Å². The summed E-state index contributed by atoms with van der Waals surface area (Å²) in [6.45, 7) is 6.77. The molecule has 0 aromatic carbocycles. The number of hydrogen-bond donors (Lipinski definition) is 1. The average molecular weight is 210 g/mol. The van der Waals surface area contributed by atoms with Crippen LogP contribution in [-0.2, 0) is 0 Å². The van der Waals surface area contributed by atoms with Crippen molar-refractivity contribution in [1.82, 2.24) is 0 Å². The molecule has 0 aromatic heterocycles. The Bertz CT molecular complexity index is 207. The van der Waals surface area contributed by atoms with E-state index in [1.54, 1.807) is 0 Å². The van der Waals surface area contributed by atoms with Crippen molar-refractivity contribution in [1.29, 1.82) is 0 Å². The van der Waals surface area contributed by atoms with Crippen LogP contribution in [0, 0.1) is 23.7 Å². The summed E-state index contributed by atoms with van der Waals surface area (Å²) in [4.78, 5) is 0. The Morgan fingerprint density at radius 2 is 1.60 bits per heavy atom. The quantitative estimate of drug-likeness (QED) is 0.754. The fraction of sp³-hybridized carbons (Fsp3) is 1.00. The molecule has 3 unspecified atom stereocenters. The summed E-state index contributed by atoms with van der Waals surface area (Å²) in [6, 6.07) is 0. The average Bonchev–Trinajstić information content (AvgIpc) is 2.85. The zero-order valence-electron chi connectivity index (χ0n) is 10.5. The van der Waals surface area contributed by atoms with Crippen LogP contribution in [0.2, 0.25) is 0 Å². The Morgan fingerprint density at radius 1 is 1.07 bits per heavy atom. The first-order chi connectivity index (χ1) is 6.97.